The van der Waals surface area contributed by atoms with Gasteiger partial charge in [-0.1, -0.05) is 410 Å². The molecule has 0 unspecified atom stereocenters. The third-order valence-corrected chi connectivity index (χ3v) is 40.3. The van der Waals surface area contributed by atoms with Crippen LogP contribution < -0.4 is 79.9 Å². The molecule has 558 valence electrons. The lowest BCUT2D eigenvalue weighted by Gasteiger charge is -2.36. The fourth-order valence-electron chi connectivity index (χ4n) is 16.0. The lowest BCUT2D eigenvalue weighted by atomic mass is 9.73. The smallest absolute Gasteiger partial charge is 0.347 e. The third-order valence-electron chi connectivity index (χ3n) is 21.0. The van der Waals surface area contributed by atoms with Gasteiger partial charge in [0.2, 0.25) is 0 Å². The van der Waals surface area contributed by atoms with E-state index in [1.54, 1.807) is 0 Å². The summed E-state index contributed by atoms with van der Waals surface area (Å²) in [6.45, 7) is 0. The Kier molecular flexibility index (Phi) is 24.1. The molecule has 0 spiro atoms. The van der Waals surface area contributed by atoms with Gasteiger partial charge in [-0.15, -0.1) is 0 Å². The Hall–Kier alpha value is -9.33. The lowest BCUT2D eigenvalue weighted by molar-refractivity contribution is 0.568. The van der Waals surface area contributed by atoms with E-state index in [9.17, 15) is 0 Å². The van der Waals surface area contributed by atoms with Crippen molar-refractivity contribution in [2.24, 2.45) is 0 Å². The second kappa shape index (κ2) is 35.0. The first-order valence-corrected chi connectivity index (χ1v) is 49.5. The van der Waals surface area contributed by atoms with Gasteiger partial charge in [-0.25, -0.2) is 0 Å². The fraction of sp³-hybridized carbons (Fsp3) is 0.0204. The summed E-state index contributed by atoms with van der Waals surface area (Å²) in [4.78, 5) is 0. The van der Waals surface area contributed by atoms with Gasteiger partial charge in [0.1, 0.15) is 23.0 Å². The van der Waals surface area contributed by atoms with Crippen molar-refractivity contribution in [2.45, 2.75) is 11.8 Å². The van der Waals surface area contributed by atoms with E-state index < -0.39 is 45.1 Å². The summed E-state index contributed by atoms with van der Waals surface area (Å²) in [6, 6.07) is 142. The van der Waals surface area contributed by atoms with Gasteiger partial charge in [0.15, 0.2) is 0 Å². The van der Waals surface area contributed by atoms with Crippen molar-refractivity contribution in [3.05, 3.63) is 473 Å². The highest BCUT2D eigenvalue weighted by Crippen LogP contribution is 2.53. The maximum atomic E-state index is 8.17. The van der Waals surface area contributed by atoms with E-state index in [2.05, 4.69) is 379 Å². The first-order valence-electron chi connectivity index (χ1n) is 37.2. The molecule has 16 heteroatoms. The van der Waals surface area contributed by atoms with E-state index in [4.69, 9.17) is 64.1 Å². The van der Waals surface area contributed by atoms with Crippen LogP contribution in [0.4, 0.5) is 0 Å². The zero-order chi connectivity index (χ0) is 78.2. The standard InChI is InChI=1S/C98H70Br4Cl4O4Si4/c99-85-61-69(65-89(103)95(85)107-111(73-37-13-1-14-38-73,74-39-15-2-16-40-74)75-41-17-3-18-42-75)93(70-62-86(100)96(90(104)66-70)108-112(76-43-19-4-20-44-76,77-45-21-5-22-46-77)78-47-23-6-24-48-78)94(71-63-87(101)97(91(105)67-71)109-113(79-49-25-7-26-50-79,80-51-27-8-28-52-80)81-53-29-9-30-54-81)72-64-88(102)98(92(106)68-72)110-114(82-55-31-10-32-56-82,83-57-33-11-34-58-83)84-59-35-12-36-60-84/h1-68,93-94H. The van der Waals surface area contributed by atoms with Crippen LogP contribution in [0.25, 0.3) is 0 Å². The largest absolute Gasteiger partial charge is 0.528 e. The predicted octanol–water partition coefficient (Wildman–Crippen LogP) is 20.5. The minimum absolute atomic E-state index is 0.358. The highest BCUT2D eigenvalue weighted by atomic mass is 79.9. The van der Waals surface area contributed by atoms with Gasteiger partial charge < -0.3 is 17.7 Å². The zero-order valence-electron chi connectivity index (χ0n) is 61.1. The summed E-state index contributed by atoms with van der Waals surface area (Å²) in [5.74, 6) is 0.425. The van der Waals surface area contributed by atoms with E-state index in [-0.39, 0.29) is 0 Å². The molecule has 0 aliphatic rings. The van der Waals surface area contributed by atoms with Crippen LogP contribution in [0.5, 0.6) is 23.0 Å². The molecule has 0 amide bonds. The van der Waals surface area contributed by atoms with E-state index in [0.717, 1.165) is 84.5 Å². The Labute approximate surface area is 723 Å². The summed E-state index contributed by atoms with van der Waals surface area (Å²) >= 11 is 49.6. The van der Waals surface area contributed by atoms with Crippen molar-refractivity contribution < 1.29 is 17.7 Å². The highest BCUT2D eigenvalue weighted by Gasteiger charge is 2.50. The number of rotatable bonds is 25. The van der Waals surface area contributed by atoms with Gasteiger partial charge in [0.05, 0.1) is 38.0 Å². The van der Waals surface area contributed by atoms with Crippen LogP contribution in [-0.4, -0.2) is 33.3 Å². The molecule has 0 heterocycles. The molecule has 0 atom stereocenters. The van der Waals surface area contributed by atoms with E-state index in [0.29, 0.717) is 61.0 Å². The van der Waals surface area contributed by atoms with E-state index in [1.165, 1.54) is 0 Å². The number of hydrogen-bond acceptors (Lipinski definition) is 4. The Balaban J connectivity index is 0.954. The van der Waals surface area contributed by atoms with Crippen LogP contribution in [0.2, 0.25) is 20.1 Å². The molecular formula is C98H70Br4Cl4O4Si4. The molecule has 16 rings (SSSR count). The van der Waals surface area contributed by atoms with Crippen LogP contribution >= 0.6 is 110 Å². The molecular weight excluding hydrogens is 1810 g/mol. The third kappa shape index (κ3) is 15.4. The van der Waals surface area contributed by atoms with Gasteiger partial charge in [-0.3, -0.25) is 0 Å². The van der Waals surface area contributed by atoms with Crippen LogP contribution in [0.3, 0.4) is 0 Å². The second-order valence-corrected chi connectivity index (χ2v) is 46.0. The molecule has 0 N–H and O–H groups in total. The van der Waals surface area contributed by atoms with Crippen LogP contribution in [-0.2, 0) is 0 Å². The Morgan fingerprint density at radius 2 is 0.289 bits per heavy atom. The quantitative estimate of drug-likeness (QED) is 0.0422. The molecule has 0 bridgehead atoms. The average molecular weight is 1890 g/mol. The van der Waals surface area contributed by atoms with Gasteiger partial charge in [-0.05, 0) is 197 Å². The van der Waals surface area contributed by atoms with Crippen LogP contribution in [0.15, 0.2) is 430 Å². The van der Waals surface area contributed by atoms with Crippen molar-refractivity contribution >= 4 is 206 Å². The summed E-state index contributed by atoms with van der Waals surface area (Å²) in [5.41, 5.74) is 3.12. The van der Waals surface area contributed by atoms with Crippen molar-refractivity contribution in [2.75, 3.05) is 0 Å². The normalized spacial score (nSPS) is 11.8. The average Bonchev–Trinajstić information content (AvgIpc) is 0.763. The molecule has 16 aromatic rings. The molecule has 4 nitrogen and oxygen atoms in total. The molecule has 0 radical (unpaired) electrons. The maximum absolute atomic E-state index is 8.17. The summed E-state index contributed by atoms with van der Waals surface area (Å²) in [6.07, 6.45) is 0. The molecule has 0 saturated heterocycles. The maximum Gasteiger partial charge on any atom is 0.347 e. The van der Waals surface area contributed by atoms with Crippen molar-refractivity contribution in [1.29, 1.82) is 0 Å². The number of hydrogen-bond donors (Lipinski definition) is 0. The first-order chi connectivity index (χ1) is 55.8. The zero-order valence-corrected chi connectivity index (χ0v) is 74.4. The number of benzene rings is 16. The summed E-state index contributed by atoms with van der Waals surface area (Å²) in [7, 11) is -13.9. The highest BCUT2D eigenvalue weighted by molar-refractivity contribution is 9.11. The minimum atomic E-state index is -3.49. The van der Waals surface area contributed by atoms with Crippen molar-refractivity contribution in [1.82, 2.24) is 0 Å². The molecule has 0 fully saturated rings. The van der Waals surface area contributed by atoms with E-state index >= 15 is 0 Å². The van der Waals surface area contributed by atoms with E-state index in [1.807, 2.05) is 97.1 Å². The lowest BCUT2D eigenvalue weighted by Crippen LogP contribution is -2.71. The topological polar surface area (TPSA) is 36.9 Å². The van der Waals surface area contributed by atoms with Gasteiger partial charge in [-0.2, -0.15) is 0 Å². The van der Waals surface area contributed by atoms with Crippen molar-refractivity contribution in [3.63, 3.8) is 0 Å². The van der Waals surface area contributed by atoms with Crippen LogP contribution in [0.1, 0.15) is 34.1 Å². The molecule has 0 aromatic heterocycles. The van der Waals surface area contributed by atoms with Crippen LogP contribution in [0, 0.1) is 0 Å². The summed E-state index contributed by atoms with van der Waals surface area (Å²) in [5, 5.41) is 13.8. The Morgan fingerprint density at radius 3 is 0.395 bits per heavy atom. The van der Waals surface area contributed by atoms with Crippen molar-refractivity contribution in [3.8, 4) is 23.0 Å². The Bertz CT molecular complexity index is 4760. The monoisotopic (exact) mass is 1880 g/mol. The Morgan fingerprint density at radius 1 is 0.175 bits per heavy atom. The SMILES string of the molecule is Clc1cc(C(c2cc(Cl)c(O[Si](c3ccccc3)(c3ccccc3)c3ccccc3)c(Br)c2)C(c2cc(Cl)c(O[Si](c3ccccc3)(c3ccccc3)c3ccccc3)c(Br)c2)c2cc(Cl)c(O[Si](c3ccccc3)(c3ccccc3)c3ccccc3)c(Br)c2)cc(Br)c1O[Si](c1ccccc1)(c1ccccc1)c1ccccc1. The van der Waals surface area contributed by atoms with Gasteiger partial charge in [0.25, 0.3) is 0 Å². The fourth-order valence-corrected chi connectivity index (χ4v) is 36.0. The number of halogens is 8. The molecule has 0 aliphatic heterocycles. The second-order valence-electron chi connectivity index (χ2n) is 27.7. The van der Waals surface area contributed by atoms with Gasteiger partial charge in [0, 0.05) is 11.8 Å². The first kappa shape index (κ1) is 78.5. The molecule has 0 aliphatic carbocycles. The summed E-state index contributed by atoms with van der Waals surface area (Å²) < 4.78 is 34.1. The molecule has 16 aromatic carbocycles. The molecule has 114 heavy (non-hydrogen) atoms. The predicted molar refractivity (Wildman–Crippen MR) is 499 cm³/mol. The molecule has 0 saturated carbocycles. The van der Waals surface area contributed by atoms with Gasteiger partial charge >= 0.3 is 33.3 Å². The minimum Gasteiger partial charge on any atom is -0.528 e.